The Kier molecular flexibility index (Phi) is 6.75. The maximum absolute atomic E-state index is 14.3. The van der Waals surface area contributed by atoms with Gasteiger partial charge in [0.2, 0.25) is 5.91 Å². The molecule has 1 fully saturated rings. The van der Waals surface area contributed by atoms with Crippen LogP contribution in [0.5, 0.6) is 0 Å². The molecular formula is C25H26FN3O3. The fraction of sp³-hybridized carbons (Fsp3) is 0.320. The third-order valence-corrected chi connectivity index (χ3v) is 5.70. The fourth-order valence-corrected chi connectivity index (χ4v) is 4.29. The predicted molar refractivity (Wildman–Crippen MR) is 120 cm³/mol. The van der Waals surface area contributed by atoms with Gasteiger partial charge in [0.05, 0.1) is 17.7 Å². The van der Waals surface area contributed by atoms with E-state index in [1.165, 1.54) is 13.0 Å². The van der Waals surface area contributed by atoms with Crippen LogP contribution < -0.4 is 10.6 Å². The monoisotopic (exact) mass is 435 g/mol. The van der Waals surface area contributed by atoms with E-state index < -0.39 is 6.10 Å². The molecule has 3 atom stereocenters. The number of halogens is 1. The van der Waals surface area contributed by atoms with E-state index in [1.807, 2.05) is 18.2 Å². The molecule has 32 heavy (non-hydrogen) atoms. The molecule has 1 aliphatic heterocycles. The summed E-state index contributed by atoms with van der Waals surface area (Å²) in [5.74, 6) is -0.623. The number of ether oxygens (including phenoxy) is 1. The molecule has 2 N–H and O–H groups in total. The van der Waals surface area contributed by atoms with Crippen LogP contribution in [0.15, 0.2) is 60.8 Å². The van der Waals surface area contributed by atoms with Gasteiger partial charge in [0, 0.05) is 42.2 Å². The lowest BCUT2D eigenvalue weighted by atomic mass is 9.92. The minimum Gasteiger partial charge on any atom is -0.370 e. The molecule has 4 rings (SSSR count). The fourth-order valence-electron chi connectivity index (χ4n) is 4.29. The van der Waals surface area contributed by atoms with Crippen LogP contribution in [-0.2, 0) is 9.53 Å². The maximum atomic E-state index is 14.3. The first-order valence-corrected chi connectivity index (χ1v) is 10.8. The molecular weight excluding hydrogens is 409 g/mol. The molecule has 6 nitrogen and oxygen atoms in total. The largest absolute Gasteiger partial charge is 0.370 e. The van der Waals surface area contributed by atoms with E-state index in [4.69, 9.17) is 4.74 Å². The number of carbonyl (C=O) groups is 2. The third kappa shape index (κ3) is 5.11. The molecule has 0 spiro atoms. The highest BCUT2D eigenvalue weighted by atomic mass is 19.1. The van der Waals surface area contributed by atoms with Gasteiger partial charge < -0.3 is 15.4 Å². The molecule has 7 heteroatoms. The number of nitrogens with one attached hydrogen (secondary N) is 2. The van der Waals surface area contributed by atoms with Crippen LogP contribution in [0.1, 0.15) is 48.2 Å². The number of aromatic nitrogens is 1. The van der Waals surface area contributed by atoms with Crippen molar-refractivity contribution in [1.82, 2.24) is 15.6 Å². The number of rotatable bonds is 6. The zero-order chi connectivity index (χ0) is 22.5. The van der Waals surface area contributed by atoms with Crippen molar-refractivity contribution >= 4 is 22.7 Å². The summed E-state index contributed by atoms with van der Waals surface area (Å²) >= 11 is 0. The number of fused-ring (bicyclic) bond motifs is 1. The Morgan fingerprint density at radius 2 is 1.94 bits per heavy atom. The third-order valence-electron chi connectivity index (χ3n) is 5.70. The van der Waals surface area contributed by atoms with Crippen LogP contribution in [0.3, 0.4) is 0 Å². The number of hydrogen-bond acceptors (Lipinski definition) is 4. The van der Waals surface area contributed by atoms with Crippen molar-refractivity contribution in [1.29, 1.82) is 0 Å². The maximum Gasteiger partial charge on any atom is 0.251 e. The van der Waals surface area contributed by atoms with Crippen molar-refractivity contribution in [3.63, 3.8) is 0 Å². The van der Waals surface area contributed by atoms with Crippen molar-refractivity contribution in [3.05, 3.63) is 77.7 Å². The summed E-state index contributed by atoms with van der Waals surface area (Å²) in [5.41, 5.74) is 1.82. The van der Waals surface area contributed by atoms with Gasteiger partial charge in [-0.3, -0.25) is 14.6 Å². The molecule has 2 heterocycles. The highest BCUT2D eigenvalue weighted by Crippen LogP contribution is 2.33. The summed E-state index contributed by atoms with van der Waals surface area (Å²) in [6, 6.07) is 15.6. The Morgan fingerprint density at radius 3 is 2.75 bits per heavy atom. The molecule has 1 aliphatic rings. The van der Waals surface area contributed by atoms with E-state index in [9.17, 15) is 14.0 Å². The summed E-state index contributed by atoms with van der Waals surface area (Å²) in [7, 11) is 0. The summed E-state index contributed by atoms with van der Waals surface area (Å²) in [6.07, 6.45) is 2.69. The zero-order valence-electron chi connectivity index (χ0n) is 17.9. The summed E-state index contributed by atoms with van der Waals surface area (Å²) in [6.45, 7) is 1.87. The molecule has 166 valence electrons. The first kappa shape index (κ1) is 21.9. The lowest BCUT2D eigenvalue weighted by molar-refractivity contribution is -0.122. The van der Waals surface area contributed by atoms with Crippen LogP contribution >= 0.6 is 0 Å². The summed E-state index contributed by atoms with van der Waals surface area (Å²) in [4.78, 5) is 28.7. The average Bonchev–Trinajstić information content (AvgIpc) is 2.78. The normalized spacial score (nSPS) is 20.6. The van der Waals surface area contributed by atoms with Crippen molar-refractivity contribution < 1.29 is 18.7 Å². The second kappa shape index (κ2) is 9.87. The van der Waals surface area contributed by atoms with Gasteiger partial charge in [-0.15, -0.1) is 0 Å². The van der Waals surface area contributed by atoms with Gasteiger partial charge in [-0.2, -0.15) is 0 Å². The van der Waals surface area contributed by atoms with Gasteiger partial charge in [-0.25, -0.2) is 4.39 Å². The second-order valence-corrected chi connectivity index (χ2v) is 8.06. The van der Waals surface area contributed by atoms with Gasteiger partial charge in [-0.05, 0) is 43.5 Å². The molecule has 1 saturated heterocycles. The lowest BCUT2D eigenvalue weighted by Gasteiger charge is -2.36. The van der Waals surface area contributed by atoms with Gasteiger partial charge >= 0.3 is 0 Å². The number of carbonyl (C=O) groups excluding carboxylic acids is 2. The molecule has 0 bridgehead atoms. The van der Waals surface area contributed by atoms with Crippen LogP contribution in [-0.4, -0.2) is 35.5 Å². The number of amides is 2. The van der Waals surface area contributed by atoms with Crippen molar-refractivity contribution in [2.75, 3.05) is 6.54 Å². The van der Waals surface area contributed by atoms with Gasteiger partial charge in [0.1, 0.15) is 5.82 Å². The lowest BCUT2D eigenvalue weighted by Crippen LogP contribution is -2.43. The minimum atomic E-state index is -0.452. The van der Waals surface area contributed by atoms with Crippen molar-refractivity contribution in [3.8, 4) is 0 Å². The molecule has 0 unspecified atom stereocenters. The van der Waals surface area contributed by atoms with E-state index in [0.717, 1.165) is 10.9 Å². The molecule has 3 aromatic rings. The van der Waals surface area contributed by atoms with Gasteiger partial charge in [0.15, 0.2) is 0 Å². The van der Waals surface area contributed by atoms with E-state index in [-0.39, 0.29) is 29.8 Å². The van der Waals surface area contributed by atoms with E-state index in [1.54, 1.807) is 36.5 Å². The van der Waals surface area contributed by atoms with Crippen LogP contribution in [0.25, 0.3) is 10.9 Å². The molecule has 1 aromatic heterocycles. The molecule has 0 radical (unpaired) electrons. The second-order valence-electron chi connectivity index (χ2n) is 8.06. The predicted octanol–water partition coefficient (Wildman–Crippen LogP) is 3.92. The van der Waals surface area contributed by atoms with Crippen molar-refractivity contribution in [2.24, 2.45) is 0 Å². The SMILES string of the molecule is CC(=O)N[C@H]1C[C@@H](CCNC(=O)c2cccc3ncccc23)O[C@@H](c2ccccc2F)C1. The summed E-state index contributed by atoms with van der Waals surface area (Å²) in [5, 5.41) is 6.69. The number of benzene rings is 2. The summed E-state index contributed by atoms with van der Waals surface area (Å²) < 4.78 is 20.5. The highest BCUT2D eigenvalue weighted by molar-refractivity contribution is 6.06. The van der Waals surface area contributed by atoms with Gasteiger partial charge in [0.25, 0.3) is 5.91 Å². The van der Waals surface area contributed by atoms with E-state index >= 15 is 0 Å². The van der Waals surface area contributed by atoms with E-state index in [2.05, 4.69) is 15.6 Å². The average molecular weight is 435 g/mol. The smallest absolute Gasteiger partial charge is 0.251 e. The first-order valence-electron chi connectivity index (χ1n) is 10.8. The van der Waals surface area contributed by atoms with Gasteiger partial charge in [-0.1, -0.05) is 30.3 Å². The molecule has 2 amide bonds. The first-order chi connectivity index (χ1) is 15.5. The molecule has 0 aliphatic carbocycles. The number of pyridine rings is 1. The van der Waals surface area contributed by atoms with Crippen molar-refractivity contribution in [2.45, 2.75) is 44.4 Å². The van der Waals surface area contributed by atoms with Crippen LogP contribution in [0.2, 0.25) is 0 Å². The quantitative estimate of drug-likeness (QED) is 0.615. The Hall–Kier alpha value is -3.32. The zero-order valence-corrected chi connectivity index (χ0v) is 17.9. The Balaban J connectivity index is 1.41. The Morgan fingerprint density at radius 1 is 1.09 bits per heavy atom. The number of hydrogen-bond donors (Lipinski definition) is 2. The minimum absolute atomic E-state index is 0.115. The Bertz CT molecular complexity index is 1120. The molecule has 0 saturated carbocycles. The standard InChI is InChI=1S/C25H26FN3O3/c1-16(30)29-17-14-18(32-24(15-17)21-6-2-3-9-22(21)26)11-13-28-25(31)20-7-4-10-23-19(20)8-5-12-27-23/h2-10,12,17-18,24H,11,13-15H2,1H3,(H,28,31)(H,29,30)/t17-,18+,24+/m0/s1. The van der Waals surface area contributed by atoms with E-state index in [0.29, 0.717) is 36.9 Å². The highest BCUT2D eigenvalue weighted by Gasteiger charge is 2.32. The van der Waals surface area contributed by atoms with Crippen LogP contribution in [0.4, 0.5) is 4.39 Å². The topological polar surface area (TPSA) is 80.3 Å². The number of nitrogens with zero attached hydrogens (tertiary/aromatic N) is 1. The molecule has 2 aromatic carbocycles. The Labute approximate surface area is 186 Å². The van der Waals surface area contributed by atoms with Crippen LogP contribution in [0, 0.1) is 5.82 Å².